The second-order valence-corrected chi connectivity index (χ2v) is 8.70. The molecule has 0 saturated carbocycles. The van der Waals surface area contributed by atoms with Crippen molar-refractivity contribution < 1.29 is 52.1 Å². The number of unbranched alkanes of at least 4 members (excludes halogenated alkanes) is 12. The third-order valence-electron chi connectivity index (χ3n) is 4.95. The van der Waals surface area contributed by atoms with Gasteiger partial charge in [-0.3, -0.25) is 9.59 Å². The van der Waals surface area contributed by atoms with Gasteiger partial charge in [0.15, 0.2) is 11.6 Å². The van der Waals surface area contributed by atoms with Crippen molar-refractivity contribution in [3.63, 3.8) is 0 Å². The molecule has 1 rings (SSSR count). The summed E-state index contributed by atoms with van der Waals surface area (Å²) in [7, 11) is -4.88. The molecule has 1 aliphatic carbocycles. The van der Waals surface area contributed by atoms with E-state index in [1.165, 1.54) is 64.2 Å². The average Bonchev–Trinajstić information content (AvgIpc) is 2.60. The summed E-state index contributed by atoms with van der Waals surface area (Å²) in [6, 6.07) is 0. The van der Waals surface area contributed by atoms with Gasteiger partial charge in [-0.2, -0.15) is 0 Å². The summed E-state index contributed by atoms with van der Waals surface area (Å²) in [4.78, 5) is 22.6. The van der Waals surface area contributed by atoms with Crippen molar-refractivity contribution in [3.8, 4) is 0 Å². The Labute approximate surface area is 192 Å². The number of carbonyl (C=O) groups is 2. The molecule has 0 amide bonds. The summed E-state index contributed by atoms with van der Waals surface area (Å²) in [6.45, 7) is 2.23. The molecule has 0 atom stereocenters. The Morgan fingerprint density at radius 1 is 0.714 bits per heavy atom. The summed E-state index contributed by atoms with van der Waals surface area (Å²) in [5, 5.41) is 0. The van der Waals surface area contributed by atoms with Crippen LogP contribution in [0.5, 0.6) is 0 Å². The average molecular weight is 421 g/mol. The predicted octanol–water partition coefficient (Wildman–Crippen LogP) is 1.98. The molecule has 0 heterocycles. The van der Waals surface area contributed by atoms with Crippen LogP contribution < -0.4 is 29.6 Å². The maximum Gasteiger partial charge on any atom is 1.00 e. The minimum atomic E-state index is -4.88. The molecule has 0 radical (unpaired) electrons. The molecular weight excluding hydrogens is 387 g/mol. The molecule has 0 aromatic rings. The van der Waals surface area contributed by atoms with Crippen LogP contribution in [0.2, 0.25) is 0 Å². The molecule has 0 N–H and O–H groups in total. The van der Waals surface area contributed by atoms with Crippen molar-refractivity contribution in [2.75, 3.05) is 0 Å². The molecule has 0 fully saturated rings. The normalized spacial score (nSPS) is 14.5. The molecule has 154 valence electrons. The Morgan fingerprint density at radius 3 is 1.57 bits per heavy atom. The summed E-state index contributed by atoms with van der Waals surface area (Å²) in [5.74, 6) is -1.42. The van der Waals surface area contributed by atoms with Gasteiger partial charge in [-0.05, 0) is 18.9 Å². The molecule has 0 aromatic heterocycles. The van der Waals surface area contributed by atoms with E-state index in [2.05, 4.69) is 6.92 Å². The molecule has 0 spiro atoms. The van der Waals surface area contributed by atoms with Crippen LogP contribution in [-0.4, -0.2) is 24.5 Å². The fourth-order valence-electron chi connectivity index (χ4n) is 3.31. The van der Waals surface area contributed by atoms with Crippen LogP contribution in [0.4, 0.5) is 0 Å². The minimum absolute atomic E-state index is 0. The van der Waals surface area contributed by atoms with E-state index in [4.69, 9.17) is 0 Å². The summed E-state index contributed by atoms with van der Waals surface area (Å²) < 4.78 is 32.7. The van der Waals surface area contributed by atoms with Gasteiger partial charge >= 0.3 is 29.6 Å². The van der Waals surface area contributed by atoms with E-state index in [0.717, 1.165) is 25.3 Å². The van der Waals surface area contributed by atoms with E-state index in [1.54, 1.807) is 0 Å². The third kappa shape index (κ3) is 11.7. The van der Waals surface area contributed by atoms with Gasteiger partial charge in [-0.1, -0.05) is 84.0 Å². The number of hydrogen-bond acceptors (Lipinski definition) is 5. The van der Waals surface area contributed by atoms with Crippen molar-refractivity contribution in [2.24, 2.45) is 0 Å². The van der Waals surface area contributed by atoms with Crippen molar-refractivity contribution in [1.82, 2.24) is 0 Å². The standard InChI is InChI=1S/C21H34O5S.Na/c1-2-3-4-5-6-7-8-9-10-11-12-13-14-15-18-16-20(23)21(17-19(18)22)27(24,25)26;/h16-17H,2-15H2,1H3,(H,24,25,26);/q;+1/p-1. The summed E-state index contributed by atoms with van der Waals surface area (Å²) in [6.07, 6.45) is 18.1. The van der Waals surface area contributed by atoms with Gasteiger partial charge in [0.25, 0.3) is 0 Å². The molecule has 28 heavy (non-hydrogen) atoms. The van der Waals surface area contributed by atoms with E-state index >= 15 is 0 Å². The number of allylic oxidation sites excluding steroid dienone is 4. The molecule has 1 aliphatic rings. The van der Waals surface area contributed by atoms with Crippen LogP contribution >= 0.6 is 0 Å². The first-order valence-electron chi connectivity index (χ1n) is 10.3. The molecule has 7 heteroatoms. The number of ketones is 2. The number of rotatable bonds is 15. The number of hydrogen-bond donors (Lipinski definition) is 0. The van der Waals surface area contributed by atoms with Crippen LogP contribution in [-0.2, 0) is 19.7 Å². The molecule has 0 bridgehead atoms. The molecular formula is C21H33NaO5S. The SMILES string of the molecule is CCCCCCCCCCCCCCCC1=CC(=O)C(S(=O)(=O)[O-])=CC1=O.[Na+]. The smallest absolute Gasteiger partial charge is 0.744 e. The Balaban J connectivity index is 0.00000729. The molecule has 5 nitrogen and oxygen atoms in total. The second kappa shape index (κ2) is 15.6. The Morgan fingerprint density at radius 2 is 1.14 bits per heavy atom. The zero-order valence-electron chi connectivity index (χ0n) is 17.5. The summed E-state index contributed by atoms with van der Waals surface area (Å²) in [5.41, 5.74) is 0.301. The van der Waals surface area contributed by atoms with Crippen molar-refractivity contribution in [3.05, 3.63) is 22.6 Å². The fourth-order valence-corrected chi connectivity index (χ4v) is 3.86. The predicted molar refractivity (Wildman–Crippen MR) is 106 cm³/mol. The van der Waals surface area contributed by atoms with Gasteiger partial charge in [0.2, 0.25) is 0 Å². The maximum atomic E-state index is 11.8. The van der Waals surface area contributed by atoms with E-state index < -0.39 is 26.6 Å². The molecule has 0 saturated heterocycles. The van der Waals surface area contributed by atoms with Gasteiger partial charge < -0.3 is 4.55 Å². The van der Waals surface area contributed by atoms with Gasteiger partial charge in [-0.25, -0.2) is 8.42 Å². The first-order valence-corrected chi connectivity index (χ1v) is 11.7. The van der Waals surface area contributed by atoms with E-state index in [-0.39, 0.29) is 29.6 Å². The van der Waals surface area contributed by atoms with Crippen molar-refractivity contribution in [2.45, 2.75) is 96.8 Å². The van der Waals surface area contributed by atoms with Crippen molar-refractivity contribution >= 4 is 21.7 Å². The molecule has 0 aromatic carbocycles. The van der Waals surface area contributed by atoms with Gasteiger partial charge in [0, 0.05) is 11.6 Å². The van der Waals surface area contributed by atoms with Gasteiger partial charge in [0.05, 0.1) is 0 Å². The monoisotopic (exact) mass is 420 g/mol. The Kier molecular flexibility index (Phi) is 15.4. The Hall–Kier alpha value is -0.270. The van der Waals surface area contributed by atoms with Gasteiger partial charge in [0.1, 0.15) is 15.0 Å². The van der Waals surface area contributed by atoms with Gasteiger partial charge in [-0.15, -0.1) is 0 Å². The zero-order valence-corrected chi connectivity index (χ0v) is 20.3. The van der Waals surface area contributed by atoms with Crippen molar-refractivity contribution in [1.29, 1.82) is 0 Å². The quantitative estimate of drug-likeness (QED) is 0.175. The fraction of sp³-hybridized carbons (Fsp3) is 0.714. The minimum Gasteiger partial charge on any atom is -0.744 e. The topological polar surface area (TPSA) is 91.3 Å². The summed E-state index contributed by atoms with van der Waals surface area (Å²) >= 11 is 0. The second-order valence-electron chi connectivity index (χ2n) is 7.35. The third-order valence-corrected chi connectivity index (χ3v) is 5.80. The van der Waals surface area contributed by atoms with E-state index in [9.17, 15) is 22.6 Å². The van der Waals surface area contributed by atoms with Crippen LogP contribution in [0.1, 0.15) is 96.8 Å². The van der Waals surface area contributed by atoms with Crippen LogP contribution in [0.25, 0.3) is 0 Å². The zero-order chi connectivity index (χ0) is 20.1. The largest absolute Gasteiger partial charge is 1.00 e. The van der Waals surface area contributed by atoms with E-state index in [0.29, 0.717) is 18.1 Å². The van der Waals surface area contributed by atoms with Crippen LogP contribution in [0.3, 0.4) is 0 Å². The first kappa shape index (κ1) is 27.7. The van der Waals surface area contributed by atoms with Crippen LogP contribution in [0, 0.1) is 0 Å². The first-order chi connectivity index (χ1) is 12.9. The van der Waals surface area contributed by atoms with Crippen LogP contribution in [0.15, 0.2) is 22.6 Å². The Bertz CT molecular complexity index is 650. The number of carbonyl (C=O) groups excluding carboxylic acids is 2. The molecule has 0 unspecified atom stereocenters. The molecule has 0 aliphatic heterocycles. The maximum absolute atomic E-state index is 11.8. The van der Waals surface area contributed by atoms with E-state index in [1.807, 2.05) is 0 Å².